The Labute approximate surface area is 232 Å². The first-order valence-corrected chi connectivity index (χ1v) is 13.6. The normalized spacial score (nSPS) is 19.0. The number of benzene rings is 1. The van der Waals surface area contributed by atoms with Crippen molar-refractivity contribution < 1.29 is 22.7 Å². The van der Waals surface area contributed by atoms with Crippen LogP contribution in [0.3, 0.4) is 0 Å². The highest BCUT2D eigenvalue weighted by molar-refractivity contribution is 5.94. The van der Waals surface area contributed by atoms with Gasteiger partial charge in [0.1, 0.15) is 0 Å². The zero-order chi connectivity index (χ0) is 28.3. The molecule has 1 aromatic carbocycles. The largest absolute Gasteiger partial charge is 0.416 e. The molecule has 0 spiro atoms. The lowest BCUT2D eigenvalue weighted by molar-refractivity contribution is -0.137. The molecule has 10 heteroatoms. The number of morpholine rings is 1. The average Bonchev–Trinajstić information content (AvgIpc) is 3.31. The number of rotatable bonds is 8. The van der Waals surface area contributed by atoms with Crippen molar-refractivity contribution in [3.8, 4) is 0 Å². The highest BCUT2D eigenvalue weighted by Crippen LogP contribution is 2.39. The minimum atomic E-state index is -4.36. The third-order valence-corrected chi connectivity index (χ3v) is 7.62. The molecule has 3 aromatic rings. The predicted molar refractivity (Wildman–Crippen MR) is 144 cm³/mol. The van der Waals surface area contributed by atoms with Gasteiger partial charge in [-0.1, -0.05) is 32.0 Å². The SMILES string of the molecule is CC(C)[C@H]1c2ncc(C(=O)NCC(c3cccnc3)N3CCOCC3)cc2CN1Cc1ccc(C(F)(F)F)cc1. The number of hydrogen-bond acceptors (Lipinski definition) is 6. The monoisotopic (exact) mass is 553 g/mol. The van der Waals surface area contributed by atoms with Gasteiger partial charge in [0.15, 0.2) is 0 Å². The molecule has 0 bridgehead atoms. The second-order valence-electron chi connectivity index (χ2n) is 10.7. The van der Waals surface area contributed by atoms with Crippen molar-refractivity contribution in [2.75, 3.05) is 32.8 Å². The smallest absolute Gasteiger partial charge is 0.379 e. The molecule has 0 radical (unpaired) electrons. The van der Waals surface area contributed by atoms with E-state index >= 15 is 0 Å². The summed E-state index contributed by atoms with van der Waals surface area (Å²) in [6, 6.07) is 11.1. The van der Waals surface area contributed by atoms with Gasteiger partial charge in [-0.25, -0.2) is 0 Å². The molecule has 2 aliphatic heterocycles. The maximum atomic E-state index is 13.2. The second kappa shape index (κ2) is 12.0. The van der Waals surface area contributed by atoms with Crippen LogP contribution in [0.5, 0.6) is 0 Å². The Morgan fingerprint density at radius 3 is 2.52 bits per heavy atom. The van der Waals surface area contributed by atoms with Crippen LogP contribution in [0, 0.1) is 5.92 Å². The van der Waals surface area contributed by atoms with E-state index in [1.54, 1.807) is 12.4 Å². The molecule has 7 nitrogen and oxygen atoms in total. The van der Waals surface area contributed by atoms with Crippen molar-refractivity contribution in [1.29, 1.82) is 0 Å². The van der Waals surface area contributed by atoms with Crippen molar-refractivity contribution in [2.45, 2.75) is 45.2 Å². The van der Waals surface area contributed by atoms with Gasteiger partial charge in [-0.15, -0.1) is 0 Å². The molecule has 1 unspecified atom stereocenters. The van der Waals surface area contributed by atoms with Crippen LogP contribution in [0.25, 0.3) is 0 Å². The molecule has 2 atom stereocenters. The maximum Gasteiger partial charge on any atom is 0.416 e. The van der Waals surface area contributed by atoms with E-state index in [9.17, 15) is 18.0 Å². The molecule has 212 valence electrons. The summed E-state index contributed by atoms with van der Waals surface area (Å²) in [5.41, 5.74) is 3.56. The van der Waals surface area contributed by atoms with Crippen molar-refractivity contribution in [3.63, 3.8) is 0 Å². The van der Waals surface area contributed by atoms with E-state index in [0.29, 0.717) is 38.4 Å². The molecule has 0 saturated carbocycles. The first-order valence-electron chi connectivity index (χ1n) is 13.6. The molecule has 1 fully saturated rings. The van der Waals surface area contributed by atoms with E-state index < -0.39 is 11.7 Å². The Hall–Kier alpha value is -3.34. The Morgan fingerprint density at radius 1 is 1.12 bits per heavy atom. The zero-order valence-electron chi connectivity index (χ0n) is 22.7. The number of amides is 1. The number of hydrogen-bond donors (Lipinski definition) is 1. The number of halogens is 3. The summed E-state index contributed by atoms with van der Waals surface area (Å²) in [6.45, 7) is 8.56. The number of alkyl halides is 3. The molecule has 40 heavy (non-hydrogen) atoms. The summed E-state index contributed by atoms with van der Waals surface area (Å²) in [5, 5.41) is 3.09. The lowest BCUT2D eigenvalue weighted by Crippen LogP contribution is -2.43. The van der Waals surface area contributed by atoms with Crippen LogP contribution in [0.15, 0.2) is 61.1 Å². The Morgan fingerprint density at radius 2 is 1.88 bits per heavy atom. The van der Waals surface area contributed by atoms with Crippen LogP contribution >= 0.6 is 0 Å². The predicted octanol–water partition coefficient (Wildman–Crippen LogP) is 5.01. The Bertz CT molecular complexity index is 1290. The van der Waals surface area contributed by atoms with E-state index in [1.165, 1.54) is 12.1 Å². The standard InChI is InChI=1S/C30H34F3N5O2/c1-20(2)28-27-24(19-38(28)18-21-5-7-25(8-6-21)30(31,32)33)14-23(16-35-27)29(39)36-17-26(22-4-3-9-34-15-22)37-10-12-40-13-11-37/h3-9,14-16,20,26,28H,10-13,17-19H2,1-2H3,(H,36,39)/t26?,28-/m0/s1. The summed E-state index contributed by atoms with van der Waals surface area (Å²) in [7, 11) is 0. The minimum absolute atomic E-state index is 0.00526. The van der Waals surface area contributed by atoms with Gasteiger partial charge in [-0.2, -0.15) is 13.2 Å². The van der Waals surface area contributed by atoms with Gasteiger partial charge in [0.05, 0.1) is 42.1 Å². The van der Waals surface area contributed by atoms with E-state index in [4.69, 9.17) is 9.72 Å². The van der Waals surface area contributed by atoms with Crippen LogP contribution in [0.2, 0.25) is 0 Å². The van der Waals surface area contributed by atoms with Crippen LogP contribution < -0.4 is 5.32 Å². The van der Waals surface area contributed by atoms with E-state index in [-0.39, 0.29) is 23.9 Å². The number of carbonyl (C=O) groups excluding carboxylic acids is 1. The van der Waals surface area contributed by atoms with Crippen LogP contribution in [0.4, 0.5) is 13.2 Å². The minimum Gasteiger partial charge on any atom is -0.379 e. The quantitative estimate of drug-likeness (QED) is 0.423. The Balaban J connectivity index is 1.28. The average molecular weight is 554 g/mol. The zero-order valence-corrected chi connectivity index (χ0v) is 22.7. The van der Waals surface area contributed by atoms with Crippen LogP contribution in [-0.4, -0.2) is 58.5 Å². The summed E-state index contributed by atoms with van der Waals surface area (Å²) < 4.78 is 44.5. The van der Waals surface area contributed by atoms with Gasteiger partial charge in [0.25, 0.3) is 5.91 Å². The molecule has 1 saturated heterocycles. The van der Waals surface area contributed by atoms with E-state index in [1.807, 2.05) is 24.4 Å². The molecule has 4 heterocycles. The highest BCUT2D eigenvalue weighted by Gasteiger charge is 2.35. The highest BCUT2D eigenvalue weighted by atomic mass is 19.4. The van der Waals surface area contributed by atoms with E-state index in [0.717, 1.165) is 47.6 Å². The molecule has 1 N–H and O–H groups in total. The molecule has 2 aromatic heterocycles. The van der Waals surface area contributed by atoms with E-state index in [2.05, 4.69) is 33.9 Å². The third-order valence-electron chi connectivity index (χ3n) is 7.62. The maximum absolute atomic E-state index is 13.2. The number of ether oxygens (including phenoxy) is 1. The fraction of sp³-hybridized carbons (Fsp3) is 0.433. The van der Waals surface area contributed by atoms with Gasteiger partial charge >= 0.3 is 6.18 Å². The van der Waals surface area contributed by atoms with Gasteiger partial charge in [0, 0.05) is 51.3 Å². The number of fused-ring (bicyclic) bond motifs is 1. The van der Waals surface area contributed by atoms with Crippen molar-refractivity contribution in [1.82, 2.24) is 25.1 Å². The summed E-state index contributed by atoms with van der Waals surface area (Å²) in [6.07, 6.45) is 0.837. The van der Waals surface area contributed by atoms with Gasteiger partial charge in [-0.05, 0) is 46.9 Å². The van der Waals surface area contributed by atoms with Gasteiger partial charge in [0.2, 0.25) is 0 Å². The van der Waals surface area contributed by atoms with Crippen molar-refractivity contribution in [3.05, 3.63) is 94.6 Å². The van der Waals surface area contributed by atoms with Gasteiger partial charge in [-0.3, -0.25) is 24.6 Å². The summed E-state index contributed by atoms with van der Waals surface area (Å²) in [4.78, 5) is 26.7. The second-order valence-corrected chi connectivity index (χ2v) is 10.7. The fourth-order valence-electron chi connectivity index (χ4n) is 5.66. The number of pyridine rings is 2. The first kappa shape index (κ1) is 28.2. The third kappa shape index (κ3) is 6.35. The molecule has 5 rings (SSSR count). The fourth-order valence-corrected chi connectivity index (χ4v) is 5.66. The lowest BCUT2D eigenvalue weighted by atomic mass is 9.99. The summed E-state index contributed by atoms with van der Waals surface area (Å²) >= 11 is 0. The van der Waals surface area contributed by atoms with Crippen molar-refractivity contribution in [2.24, 2.45) is 5.92 Å². The number of nitrogens with one attached hydrogen (secondary N) is 1. The van der Waals surface area contributed by atoms with Gasteiger partial charge < -0.3 is 10.1 Å². The first-order chi connectivity index (χ1) is 19.2. The molecular formula is C30H34F3N5O2. The van der Waals surface area contributed by atoms with Crippen LogP contribution in [-0.2, 0) is 24.0 Å². The number of carbonyl (C=O) groups is 1. The molecule has 0 aliphatic carbocycles. The number of nitrogens with zero attached hydrogens (tertiary/aromatic N) is 4. The lowest BCUT2D eigenvalue weighted by Gasteiger charge is -2.34. The molecular weight excluding hydrogens is 519 g/mol. The van der Waals surface area contributed by atoms with Crippen molar-refractivity contribution >= 4 is 5.91 Å². The topological polar surface area (TPSA) is 70.6 Å². The molecule has 1 amide bonds. The Kier molecular flexibility index (Phi) is 8.48. The molecule has 2 aliphatic rings. The summed E-state index contributed by atoms with van der Waals surface area (Å²) in [5.74, 6) is 0.0383. The number of aromatic nitrogens is 2. The van der Waals surface area contributed by atoms with Crippen LogP contribution in [0.1, 0.15) is 64.2 Å².